The Bertz CT molecular complexity index is 1320. The molecule has 0 aliphatic carbocycles. The average Bonchev–Trinajstić information content (AvgIpc) is 2.83. The predicted octanol–water partition coefficient (Wildman–Crippen LogP) is 8.10. The summed E-state index contributed by atoms with van der Waals surface area (Å²) in [6, 6.07) is 23.8. The maximum atomic E-state index is 15.0. The number of halogens is 1. The Morgan fingerprint density at radius 2 is 1.58 bits per heavy atom. The molecule has 4 aromatic rings. The Hall–Kier alpha value is -3.57. The zero-order valence-corrected chi connectivity index (χ0v) is 19.5. The van der Waals surface area contributed by atoms with E-state index in [1.165, 1.54) is 18.4 Å². The van der Waals surface area contributed by atoms with Crippen molar-refractivity contribution in [3.63, 3.8) is 0 Å². The molecule has 166 valence electrons. The van der Waals surface area contributed by atoms with Crippen LogP contribution < -0.4 is 4.74 Å². The Kier molecular flexibility index (Phi) is 7.10. The minimum Gasteiger partial charge on any atom is -0.494 e. The molecule has 4 aromatic carbocycles. The van der Waals surface area contributed by atoms with E-state index in [1.807, 2.05) is 62.4 Å². The fraction of sp³-hybridized carbons (Fsp3) is 0.226. The highest BCUT2D eigenvalue weighted by atomic mass is 19.1. The van der Waals surface area contributed by atoms with Crippen LogP contribution in [0.25, 0.3) is 21.9 Å². The van der Waals surface area contributed by atoms with Crippen LogP contribution in [-0.2, 0) is 6.42 Å². The largest absolute Gasteiger partial charge is 0.494 e. The van der Waals surface area contributed by atoms with Crippen molar-refractivity contribution in [1.29, 1.82) is 0 Å². The van der Waals surface area contributed by atoms with E-state index >= 15 is 0 Å². The van der Waals surface area contributed by atoms with E-state index in [0.29, 0.717) is 17.7 Å². The third-order valence-electron chi connectivity index (χ3n) is 5.86. The molecule has 2 heteroatoms. The summed E-state index contributed by atoms with van der Waals surface area (Å²) in [5.41, 5.74) is 5.40. The van der Waals surface area contributed by atoms with Crippen molar-refractivity contribution in [1.82, 2.24) is 0 Å². The molecule has 0 aromatic heterocycles. The molecule has 4 rings (SSSR count). The molecule has 0 bridgehead atoms. The standard InChI is InChI=1S/C31H29FO/c1-4-6-7-23-8-12-25(13-9-23)30-18-22(3)26(21-31(30)32)14-10-24-11-15-28-20-29(33-5-2)17-16-27(28)19-24/h8-9,11-13,15-21H,4-7H2,1-3H3. The zero-order chi connectivity index (χ0) is 23.2. The van der Waals surface area contributed by atoms with Crippen molar-refractivity contribution < 1.29 is 9.13 Å². The van der Waals surface area contributed by atoms with Crippen LogP contribution in [0.5, 0.6) is 5.75 Å². The topological polar surface area (TPSA) is 9.23 Å². The van der Waals surface area contributed by atoms with Crippen molar-refractivity contribution >= 4 is 10.8 Å². The van der Waals surface area contributed by atoms with Gasteiger partial charge in [0.2, 0.25) is 0 Å². The van der Waals surface area contributed by atoms with Gasteiger partial charge >= 0.3 is 0 Å². The van der Waals surface area contributed by atoms with Gasteiger partial charge in [0.05, 0.1) is 6.61 Å². The van der Waals surface area contributed by atoms with E-state index in [1.54, 1.807) is 6.07 Å². The first kappa shape index (κ1) is 22.6. The van der Waals surface area contributed by atoms with Gasteiger partial charge in [0.25, 0.3) is 0 Å². The van der Waals surface area contributed by atoms with Gasteiger partial charge in [0, 0.05) is 16.7 Å². The second-order valence-corrected chi connectivity index (χ2v) is 8.35. The first-order chi connectivity index (χ1) is 16.1. The lowest BCUT2D eigenvalue weighted by atomic mass is 9.97. The summed E-state index contributed by atoms with van der Waals surface area (Å²) in [5.74, 6) is 6.99. The number of aryl methyl sites for hydroxylation is 2. The summed E-state index contributed by atoms with van der Waals surface area (Å²) in [6.07, 6.45) is 3.41. The monoisotopic (exact) mass is 436 g/mol. The Balaban J connectivity index is 1.57. The highest BCUT2D eigenvalue weighted by molar-refractivity contribution is 5.85. The Morgan fingerprint density at radius 1 is 0.818 bits per heavy atom. The summed E-state index contributed by atoms with van der Waals surface area (Å²) < 4.78 is 20.5. The van der Waals surface area contributed by atoms with E-state index in [2.05, 4.69) is 37.0 Å². The number of unbranched alkanes of at least 4 members (excludes halogenated alkanes) is 1. The fourth-order valence-electron chi connectivity index (χ4n) is 3.97. The van der Waals surface area contributed by atoms with Crippen LogP contribution in [0.2, 0.25) is 0 Å². The number of hydrogen-bond donors (Lipinski definition) is 0. The number of fused-ring (bicyclic) bond motifs is 1. The Labute approximate surface area is 196 Å². The van der Waals surface area contributed by atoms with E-state index in [0.717, 1.165) is 39.6 Å². The lowest BCUT2D eigenvalue weighted by Gasteiger charge is -2.08. The molecule has 0 aliphatic rings. The fourth-order valence-corrected chi connectivity index (χ4v) is 3.97. The van der Waals surface area contributed by atoms with Crippen LogP contribution in [0.4, 0.5) is 4.39 Å². The van der Waals surface area contributed by atoms with Crippen molar-refractivity contribution in [3.8, 4) is 28.7 Å². The van der Waals surface area contributed by atoms with Crippen molar-refractivity contribution in [2.75, 3.05) is 6.61 Å². The molecular formula is C31H29FO. The lowest BCUT2D eigenvalue weighted by molar-refractivity contribution is 0.341. The predicted molar refractivity (Wildman–Crippen MR) is 136 cm³/mol. The van der Waals surface area contributed by atoms with Gasteiger partial charge in [-0.3, -0.25) is 0 Å². The third-order valence-corrected chi connectivity index (χ3v) is 5.86. The molecule has 0 aliphatic heterocycles. The van der Waals surface area contributed by atoms with Gasteiger partial charge in [-0.05, 0) is 90.6 Å². The van der Waals surface area contributed by atoms with E-state index < -0.39 is 0 Å². The van der Waals surface area contributed by atoms with Crippen LogP contribution in [-0.4, -0.2) is 6.61 Å². The van der Waals surface area contributed by atoms with Gasteiger partial charge in [-0.2, -0.15) is 0 Å². The maximum Gasteiger partial charge on any atom is 0.132 e. The number of rotatable bonds is 6. The average molecular weight is 437 g/mol. The molecule has 0 radical (unpaired) electrons. The molecule has 0 amide bonds. The zero-order valence-electron chi connectivity index (χ0n) is 19.5. The van der Waals surface area contributed by atoms with Gasteiger partial charge in [0.15, 0.2) is 0 Å². The second kappa shape index (κ2) is 10.4. The van der Waals surface area contributed by atoms with Crippen LogP contribution in [0.15, 0.2) is 72.8 Å². The van der Waals surface area contributed by atoms with Gasteiger partial charge in [-0.1, -0.05) is 61.6 Å². The van der Waals surface area contributed by atoms with Gasteiger partial charge < -0.3 is 4.74 Å². The SMILES string of the molecule is CCCCc1ccc(-c2cc(C)c(C#Cc3ccc4cc(OCC)ccc4c3)cc2F)cc1. The first-order valence-electron chi connectivity index (χ1n) is 11.7. The van der Waals surface area contributed by atoms with Gasteiger partial charge in [-0.25, -0.2) is 4.39 Å². The molecule has 0 atom stereocenters. The molecule has 0 saturated carbocycles. The number of ether oxygens (including phenoxy) is 1. The summed E-state index contributed by atoms with van der Waals surface area (Å²) in [7, 11) is 0. The summed E-state index contributed by atoms with van der Waals surface area (Å²) >= 11 is 0. The van der Waals surface area contributed by atoms with Crippen LogP contribution in [0, 0.1) is 24.6 Å². The third kappa shape index (κ3) is 5.44. The minimum atomic E-state index is -0.242. The second-order valence-electron chi connectivity index (χ2n) is 8.35. The minimum absolute atomic E-state index is 0.242. The smallest absolute Gasteiger partial charge is 0.132 e. The van der Waals surface area contributed by atoms with E-state index in [9.17, 15) is 4.39 Å². The molecule has 33 heavy (non-hydrogen) atoms. The molecular weight excluding hydrogens is 407 g/mol. The van der Waals surface area contributed by atoms with Gasteiger partial charge in [-0.15, -0.1) is 0 Å². The van der Waals surface area contributed by atoms with Crippen molar-refractivity contribution in [3.05, 3.63) is 101 Å². The maximum absolute atomic E-state index is 15.0. The van der Waals surface area contributed by atoms with Crippen LogP contribution in [0.3, 0.4) is 0 Å². The van der Waals surface area contributed by atoms with Crippen LogP contribution >= 0.6 is 0 Å². The van der Waals surface area contributed by atoms with Crippen molar-refractivity contribution in [2.24, 2.45) is 0 Å². The molecule has 0 unspecified atom stereocenters. The summed E-state index contributed by atoms with van der Waals surface area (Å²) in [4.78, 5) is 0. The summed E-state index contributed by atoms with van der Waals surface area (Å²) in [5, 5.41) is 2.21. The Morgan fingerprint density at radius 3 is 2.33 bits per heavy atom. The molecule has 0 heterocycles. The summed E-state index contributed by atoms with van der Waals surface area (Å²) in [6.45, 7) is 6.80. The van der Waals surface area contributed by atoms with E-state index in [-0.39, 0.29) is 5.82 Å². The molecule has 0 saturated heterocycles. The van der Waals surface area contributed by atoms with Crippen molar-refractivity contribution in [2.45, 2.75) is 40.0 Å². The lowest BCUT2D eigenvalue weighted by Crippen LogP contribution is -1.92. The highest BCUT2D eigenvalue weighted by Gasteiger charge is 2.09. The molecule has 1 nitrogen and oxygen atoms in total. The number of hydrogen-bond acceptors (Lipinski definition) is 1. The number of benzene rings is 4. The highest BCUT2D eigenvalue weighted by Crippen LogP contribution is 2.27. The first-order valence-corrected chi connectivity index (χ1v) is 11.7. The van der Waals surface area contributed by atoms with Gasteiger partial charge in [0.1, 0.15) is 11.6 Å². The molecule has 0 fully saturated rings. The normalized spacial score (nSPS) is 10.7. The molecule has 0 N–H and O–H groups in total. The van der Waals surface area contributed by atoms with Crippen LogP contribution in [0.1, 0.15) is 48.9 Å². The quantitative estimate of drug-likeness (QED) is 0.278. The molecule has 0 spiro atoms. The van der Waals surface area contributed by atoms with E-state index in [4.69, 9.17) is 4.74 Å².